The van der Waals surface area contributed by atoms with Crippen molar-refractivity contribution >= 4 is 0 Å². The second-order valence-corrected chi connectivity index (χ2v) is 3.66. The average molecular weight is 194 g/mol. The molecule has 1 aromatic rings. The molecule has 0 saturated carbocycles. The summed E-state index contributed by atoms with van der Waals surface area (Å²) in [5, 5.41) is 19.3. The normalized spacial score (nSPS) is 25.9. The van der Waals surface area contributed by atoms with Crippen LogP contribution in [0.15, 0.2) is 18.2 Å². The third kappa shape index (κ3) is 1.49. The lowest BCUT2D eigenvalue weighted by Gasteiger charge is -2.28. The van der Waals surface area contributed by atoms with Crippen LogP contribution in [-0.2, 0) is 17.6 Å². The Kier molecular flexibility index (Phi) is 2.44. The Morgan fingerprint density at radius 1 is 1.36 bits per heavy atom. The summed E-state index contributed by atoms with van der Waals surface area (Å²) in [4.78, 5) is 0. The van der Waals surface area contributed by atoms with Crippen molar-refractivity contribution in [1.29, 1.82) is 0 Å². The summed E-state index contributed by atoms with van der Waals surface area (Å²) < 4.78 is 5.17. The van der Waals surface area contributed by atoms with Gasteiger partial charge in [0.05, 0.1) is 12.2 Å². The van der Waals surface area contributed by atoms with E-state index >= 15 is 0 Å². The molecule has 1 aliphatic rings. The van der Waals surface area contributed by atoms with E-state index in [1.54, 1.807) is 13.2 Å². The van der Waals surface area contributed by atoms with Crippen molar-refractivity contribution in [3.63, 3.8) is 0 Å². The molecule has 14 heavy (non-hydrogen) atoms. The molecule has 0 bridgehead atoms. The number of methoxy groups -OCH3 is 1. The average Bonchev–Trinajstić information content (AvgIpc) is 2.19. The molecule has 0 aliphatic heterocycles. The van der Waals surface area contributed by atoms with E-state index in [0.29, 0.717) is 12.8 Å². The summed E-state index contributed by atoms with van der Waals surface area (Å²) >= 11 is 0. The molecule has 1 aliphatic carbocycles. The second kappa shape index (κ2) is 3.59. The van der Waals surface area contributed by atoms with Crippen LogP contribution in [0.2, 0.25) is 0 Å². The molecule has 0 amide bonds. The Labute approximate surface area is 83.0 Å². The van der Waals surface area contributed by atoms with E-state index in [-0.39, 0.29) is 11.9 Å². The van der Waals surface area contributed by atoms with Gasteiger partial charge in [-0.05, 0) is 17.2 Å². The highest BCUT2D eigenvalue weighted by atomic mass is 16.5. The maximum atomic E-state index is 9.70. The first kappa shape index (κ1) is 9.49. The summed E-state index contributed by atoms with van der Waals surface area (Å²) in [7, 11) is 1.60. The van der Waals surface area contributed by atoms with Crippen LogP contribution in [0.5, 0.6) is 5.75 Å². The number of benzene rings is 1. The van der Waals surface area contributed by atoms with Gasteiger partial charge in [-0.25, -0.2) is 0 Å². The number of aromatic hydroxyl groups is 1. The Hall–Kier alpha value is -1.06. The fraction of sp³-hybridized carbons (Fsp3) is 0.455. The SMILES string of the molecule is COC1Cc2cccc(O)c2CC1O. The first-order chi connectivity index (χ1) is 6.72. The number of aliphatic hydroxyl groups is 1. The number of ether oxygens (including phenoxy) is 1. The third-order valence-electron chi connectivity index (χ3n) is 2.81. The molecule has 76 valence electrons. The summed E-state index contributed by atoms with van der Waals surface area (Å²) in [5.74, 6) is 0.274. The topological polar surface area (TPSA) is 49.7 Å². The van der Waals surface area contributed by atoms with Crippen LogP contribution < -0.4 is 0 Å². The number of hydrogen-bond acceptors (Lipinski definition) is 3. The Balaban J connectivity index is 2.35. The van der Waals surface area contributed by atoms with Crippen molar-refractivity contribution in [3.05, 3.63) is 29.3 Å². The van der Waals surface area contributed by atoms with Gasteiger partial charge in [0.1, 0.15) is 5.75 Å². The Bertz CT molecular complexity index is 335. The molecule has 3 nitrogen and oxygen atoms in total. The predicted octanol–water partition coefficient (Wildman–Crippen LogP) is 0.867. The van der Waals surface area contributed by atoms with Crippen LogP contribution in [0.3, 0.4) is 0 Å². The van der Waals surface area contributed by atoms with Gasteiger partial charge in [-0.15, -0.1) is 0 Å². The lowest BCUT2D eigenvalue weighted by Crippen LogP contribution is -2.36. The number of aliphatic hydroxyl groups excluding tert-OH is 1. The van der Waals surface area contributed by atoms with Crippen molar-refractivity contribution in [2.45, 2.75) is 25.0 Å². The van der Waals surface area contributed by atoms with Crippen molar-refractivity contribution in [2.75, 3.05) is 7.11 Å². The zero-order valence-electron chi connectivity index (χ0n) is 8.10. The monoisotopic (exact) mass is 194 g/mol. The Morgan fingerprint density at radius 2 is 2.14 bits per heavy atom. The summed E-state index contributed by atoms with van der Waals surface area (Å²) in [6.45, 7) is 0. The van der Waals surface area contributed by atoms with Gasteiger partial charge in [0.15, 0.2) is 0 Å². The minimum atomic E-state index is -0.513. The summed E-state index contributed by atoms with van der Waals surface area (Å²) in [5.41, 5.74) is 1.93. The standard InChI is InChI=1S/C11H14O3/c1-14-11-5-7-3-2-4-9(12)8(7)6-10(11)13/h2-4,10-13H,5-6H2,1H3. The number of rotatable bonds is 1. The van der Waals surface area contributed by atoms with Crippen LogP contribution in [0.4, 0.5) is 0 Å². The van der Waals surface area contributed by atoms with Crippen molar-refractivity contribution in [3.8, 4) is 5.75 Å². The van der Waals surface area contributed by atoms with E-state index in [4.69, 9.17) is 4.74 Å². The molecule has 2 atom stereocenters. The number of hydrogen-bond donors (Lipinski definition) is 2. The number of phenolic OH excluding ortho intramolecular Hbond substituents is 1. The van der Waals surface area contributed by atoms with Crippen LogP contribution in [0, 0.1) is 0 Å². The highest BCUT2D eigenvalue weighted by molar-refractivity contribution is 5.41. The lowest BCUT2D eigenvalue weighted by molar-refractivity contribution is -0.0165. The smallest absolute Gasteiger partial charge is 0.119 e. The maximum Gasteiger partial charge on any atom is 0.119 e. The van der Waals surface area contributed by atoms with E-state index in [0.717, 1.165) is 11.1 Å². The fourth-order valence-electron chi connectivity index (χ4n) is 1.98. The van der Waals surface area contributed by atoms with Gasteiger partial charge < -0.3 is 14.9 Å². The van der Waals surface area contributed by atoms with Crippen molar-refractivity contribution in [2.24, 2.45) is 0 Å². The first-order valence-corrected chi connectivity index (χ1v) is 4.73. The number of phenols is 1. The molecule has 3 heteroatoms. The van der Waals surface area contributed by atoms with Gasteiger partial charge >= 0.3 is 0 Å². The van der Waals surface area contributed by atoms with Gasteiger partial charge in [0, 0.05) is 20.0 Å². The molecule has 1 aromatic carbocycles. The molecule has 0 spiro atoms. The minimum Gasteiger partial charge on any atom is -0.508 e. The lowest BCUT2D eigenvalue weighted by atomic mass is 9.87. The van der Waals surface area contributed by atoms with E-state index in [1.807, 2.05) is 12.1 Å². The van der Waals surface area contributed by atoms with Crippen LogP contribution in [0.25, 0.3) is 0 Å². The van der Waals surface area contributed by atoms with Gasteiger partial charge in [-0.1, -0.05) is 12.1 Å². The number of fused-ring (bicyclic) bond motifs is 1. The van der Waals surface area contributed by atoms with E-state index < -0.39 is 6.10 Å². The molecule has 2 unspecified atom stereocenters. The first-order valence-electron chi connectivity index (χ1n) is 4.73. The molecule has 0 saturated heterocycles. The largest absolute Gasteiger partial charge is 0.508 e. The highest BCUT2D eigenvalue weighted by Crippen LogP contribution is 2.29. The maximum absolute atomic E-state index is 9.70. The highest BCUT2D eigenvalue weighted by Gasteiger charge is 2.28. The molecular formula is C11H14O3. The van der Waals surface area contributed by atoms with Crippen molar-refractivity contribution < 1.29 is 14.9 Å². The molecule has 2 rings (SSSR count). The van der Waals surface area contributed by atoms with Gasteiger partial charge in [-0.2, -0.15) is 0 Å². The van der Waals surface area contributed by atoms with Crippen molar-refractivity contribution in [1.82, 2.24) is 0 Å². The summed E-state index contributed by atoms with van der Waals surface area (Å²) in [6.07, 6.45) is 0.479. The van der Waals surface area contributed by atoms with Crippen LogP contribution >= 0.6 is 0 Å². The molecule has 2 N–H and O–H groups in total. The predicted molar refractivity (Wildman–Crippen MR) is 52.3 cm³/mol. The van der Waals surface area contributed by atoms with Crippen LogP contribution in [-0.4, -0.2) is 29.5 Å². The zero-order valence-corrected chi connectivity index (χ0v) is 8.10. The summed E-state index contributed by atoms with van der Waals surface area (Å²) in [6, 6.07) is 5.43. The van der Waals surface area contributed by atoms with Gasteiger partial charge in [0.2, 0.25) is 0 Å². The molecular weight excluding hydrogens is 180 g/mol. The van der Waals surface area contributed by atoms with Crippen LogP contribution in [0.1, 0.15) is 11.1 Å². The van der Waals surface area contributed by atoms with E-state index in [2.05, 4.69) is 0 Å². The molecule has 0 fully saturated rings. The van der Waals surface area contributed by atoms with Gasteiger partial charge in [0.25, 0.3) is 0 Å². The Morgan fingerprint density at radius 3 is 2.86 bits per heavy atom. The molecule has 0 aromatic heterocycles. The molecule has 0 radical (unpaired) electrons. The van der Waals surface area contributed by atoms with Gasteiger partial charge in [-0.3, -0.25) is 0 Å². The fourth-order valence-corrected chi connectivity index (χ4v) is 1.98. The molecule has 0 heterocycles. The van der Waals surface area contributed by atoms with E-state index in [9.17, 15) is 10.2 Å². The zero-order chi connectivity index (χ0) is 10.1. The third-order valence-corrected chi connectivity index (χ3v) is 2.81. The van der Waals surface area contributed by atoms with E-state index in [1.165, 1.54) is 0 Å². The second-order valence-electron chi connectivity index (χ2n) is 3.66. The quantitative estimate of drug-likeness (QED) is 0.697. The minimum absolute atomic E-state index is 0.149.